The minimum Gasteiger partial charge on any atom is -0.491 e. The molecule has 36 heavy (non-hydrogen) atoms. The van der Waals surface area contributed by atoms with Crippen LogP contribution in [0.2, 0.25) is 5.02 Å². The Morgan fingerprint density at radius 2 is 1.94 bits per heavy atom. The lowest BCUT2D eigenvalue weighted by Gasteiger charge is -2.13. The van der Waals surface area contributed by atoms with Gasteiger partial charge < -0.3 is 14.2 Å². The number of alkyl halides is 3. The van der Waals surface area contributed by atoms with Crippen molar-refractivity contribution in [3.8, 4) is 17.4 Å². The lowest BCUT2D eigenvalue weighted by Crippen LogP contribution is -2.31. The highest BCUT2D eigenvalue weighted by molar-refractivity contribution is 7.90. The van der Waals surface area contributed by atoms with Gasteiger partial charge in [-0.2, -0.15) is 13.2 Å². The zero-order valence-corrected chi connectivity index (χ0v) is 21.2. The molecule has 0 saturated heterocycles. The van der Waals surface area contributed by atoms with Gasteiger partial charge >= 0.3 is 6.18 Å². The molecular formula is C23H26ClF3N2O6S. The summed E-state index contributed by atoms with van der Waals surface area (Å²) < 4.78 is 80.8. The van der Waals surface area contributed by atoms with Gasteiger partial charge in [-0.1, -0.05) is 31.4 Å². The van der Waals surface area contributed by atoms with E-state index in [0.29, 0.717) is 37.5 Å². The van der Waals surface area contributed by atoms with Crippen LogP contribution in [0, 0.1) is 0 Å². The summed E-state index contributed by atoms with van der Waals surface area (Å²) in [5.74, 6) is -0.973. The molecule has 1 aromatic carbocycles. The van der Waals surface area contributed by atoms with Crippen molar-refractivity contribution in [2.75, 3.05) is 26.1 Å². The van der Waals surface area contributed by atoms with Crippen molar-refractivity contribution in [2.45, 2.75) is 32.4 Å². The number of carbonyl (C=O) groups excluding carboxylic acids is 1. The Balaban J connectivity index is 2.28. The van der Waals surface area contributed by atoms with Crippen LogP contribution in [-0.2, 0) is 25.7 Å². The number of carbonyl (C=O) groups is 1. The summed E-state index contributed by atoms with van der Waals surface area (Å²) in [6.45, 7) is 2.44. The highest BCUT2D eigenvalue weighted by Gasteiger charge is 2.32. The van der Waals surface area contributed by atoms with E-state index in [9.17, 15) is 26.4 Å². The third-order valence-electron chi connectivity index (χ3n) is 4.57. The quantitative estimate of drug-likeness (QED) is 0.269. The number of nitrogens with one attached hydrogen (secondary N) is 1. The molecule has 198 valence electrons. The highest BCUT2D eigenvalue weighted by Crippen LogP contribution is 2.36. The van der Waals surface area contributed by atoms with Crippen LogP contribution in [-0.4, -0.2) is 45.4 Å². The first-order valence-electron chi connectivity index (χ1n) is 10.8. The summed E-state index contributed by atoms with van der Waals surface area (Å²) in [6.07, 6.45) is 0.178. The number of hydrogen-bond donors (Lipinski definition) is 1. The molecule has 0 aliphatic rings. The second kappa shape index (κ2) is 13.5. The van der Waals surface area contributed by atoms with Gasteiger partial charge in [-0.05, 0) is 30.7 Å². The van der Waals surface area contributed by atoms with Crippen LogP contribution in [0.1, 0.15) is 37.3 Å². The van der Waals surface area contributed by atoms with E-state index < -0.39 is 27.7 Å². The molecule has 0 atom stereocenters. The maximum absolute atomic E-state index is 12.9. The molecule has 0 saturated carbocycles. The fourth-order valence-electron chi connectivity index (χ4n) is 2.78. The average Bonchev–Trinajstić information content (AvgIpc) is 2.79. The van der Waals surface area contributed by atoms with Crippen LogP contribution in [0.4, 0.5) is 13.2 Å². The SMILES string of the molecule is CCCCCS(=O)(=O)NC(=O)/C=C\c1ccc(OCCOC)cc1Oc1ncc(C(F)(F)F)cc1Cl. The molecule has 0 aliphatic heterocycles. The number of rotatable bonds is 13. The topological polar surface area (TPSA) is 104 Å². The second-order valence-corrected chi connectivity index (χ2v) is 9.73. The number of amides is 1. The maximum atomic E-state index is 12.9. The van der Waals surface area contributed by atoms with Gasteiger partial charge in [0, 0.05) is 31.0 Å². The van der Waals surface area contributed by atoms with E-state index in [1.54, 1.807) is 6.07 Å². The number of halogens is 4. The van der Waals surface area contributed by atoms with Crippen LogP contribution in [0.15, 0.2) is 36.5 Å². The standard InChI is InChI=1S/C23H26ClF3N2O6S/c1-3-4-5-12-36(31,32)29-21(30)9-7-16-6-8-18(34-11-10-33-2)14-20(16)35-22-19(24)13-17(15-28-22)23(25,26)27/h6-9,13-15H,3-5,10-12H2,1-2H3,(H,29,30)/b9-7-. The smallest absolute Gasteiger partial charge is 0.417 e. The predicted molar refractivity (Wildman–Crippen MR) is 129 cm³/mol. The molecule has 0 unspecified atom stereocenters. The van der Waals surface area contributed by atoms with Crippen molar-refractivity contribution < 1.29 is 40.6 Å². The molecule has 0 aliphatic carbocycles. The zero-order chi connectivity index (χ0) is 26.8. The fourth-order valence-corrected chi connectivity index (χ4v) is 4.04. The summed E-state index contributed by atoms with van der Waals surface area (Å²) in [7, 11) is -2.29. The lowest BCUT2D eigenvalue weighted by atomic mass is 10.1. The van der Waals surface area contributed by atoms with Gasteiger partial charge in [0.25, 0.3) is 5.91 Å². The first kappa shape index (κ1) is 29.4. The third-order valence-corrected chi connectivity index (χ3v) is 6.18. The lowest BCUT2D eigenvalue weighted by molar-refractivity contribution is -0.137. The van der Waals surface area contributed by atoms with Crippen molar-refractivity contribution >= 4 is 33.6 Å². The van der Waals surface area contributed by atoms with Crippen LogP contribution in [0.5, 0.6) is 17.4 Å². The number of sulfonamides is 1. The molecule has 1 aromatic heterocycles. The normalized spacial score (nSPS) is 12.1. The average molecular weight is 551 g/mol. The monoisotopic (exact) mass is 550 g/mol. The van der Waals surface area contributed by atoms with Crippen LogP contribution < -0.4 is 14.2 Å². The van der Waals surface area contributed by atoms with Gasteiger partial charge in [-0.15, -0.1) is 0 Å². The highest BCUT2D eigenvalue weighted by atomic mass is 35.5. The molecule has 0 bridgehead atoms. The minimum atomic E-state index is -4.64. The van der Waals surface area contributed by atoms with Gasteiger partial charge in [0.05, 0.1) is 17.9 Å². The number of nitrogens with zero attached hydrogens (tertiary/aromatic N) is 1. The molecule has 0 spiro atoms. The van der Waals surface area contributed by atoms with E-state index >= 15 is 0 Å². The number of aromatic nitrogens is 1. The summed E-state index contributed by atoms with van der Waals surface area (Å²) >= 11 is 5.95. The van der Waals surface area contributed by atoms with Crippen LogP contribution in [0.3, 0.4) is 0 Å². The summed E-state index contributed by atoms with van der Waals surface area (Å²) in [5.41, 5.74) is -0.765. The van der Waals surface area contributed by atoms with E-state index in [-0.39, 0.29) is 34.6 Å². The van der Waals surface area contributed by atoms with Crippen molar-refractivity contribution in [3.63, 3.8) is 0 Å². The predicted octanol–water partition coefficient (Wildman–Crippen LogP) is 5.22. The zero-order valence-electron chi connectivity index (χ0n) is 19.6. The Labute approximate surface area is 212 Å². The second-order valence-electron chi connectivity index (χ2n) is 7.48. The van der Waals surface area contributed by atoms with Crippen LogP contribution >= 0.6 is 11.6 Å². The maximum Gasteiger partial charge on any atom is 0.417 e. The first-order chi connectivity index (χ1) is 16.9. The van der Waals surface area contributed by atoms with Gasteiger partial charge in [0.1, 0.15) is 23.1 Å². The van der Waals surface area contributed by atoms with Crippen molar-refractivity contribution in [1.82, 2.24) is 9.71 Å². The van der Waals surface area contributed by atoms with E-state index in [2.05, 4.69) is 4.98 Å². The molecule has 1 amide bonds. The van der Waals surface area contributed by atoms with E-state index in [1.165, 1.54) is 25.3 Å². The molecule has 2 rings (SSSR count). The Morgan fingerprint density at radius 1 is 1.19 bits per heavy atom. The molecule has 0 radical (unpaired) electrons. The summed E-state index contributed by atoms with van der Waals surface area (Å²) in [5, 5.41) is -0.388. The molecule has 13 heteroatoms. The number of hydrogen-bond acceptors (Lipinski definition) is 7. The molecule has 0 fully saturated rings. The third kappa shape index (κ3) is 9.67. The van der Waals surface area contributed by atoms with E-state index in [1.807, 2.05) is 11.6 Å². The van der Waals surface area contributed by atoms with Crippen molar-refractivity contribution in [3.05, 3.63) is 52.7 Å². The summed E-state index contributed by atoms with van der Waals surface area (Å²) in [6, 6.07) is 5.16. The van der Waals surface area contributed by atoms with Gasteiger partial charge in [0.2, 0.25) is 15.9 Å². The summed E-state index contributed by atoms with van der Waals surface area (Å²) in [4.78, 5) is 15.8. The number of ether oxygens (including phenoxy) is 3. The Kier molecular flexibility index (Phi) is 11.0. The molecule has 1 heterocycles. The number of methoxy groups -OCH3 is 1. The molecule has 8 nitrogen and oxygen atoms in total. The van der Waals surface area contributed by atoms with E-state index in [4.69, 9.17) is 25.8 Å². The van der Waals surface area contributed by atoms with Gasteiger partial charge in [0.15, 0.2) is 0 Å². The fraction of sp³-hybridized carbons (Fsp3) is 0.391. The molecule has 1 N–H and O–H groups in total. The van der Waals surface area contributed by atoms with Crippen molar-refractivity contribution in [2.24, 2.45) is 0 Å². The number of benzene rings is 1. The van der Waals surface area contributed by atoms with Crippen molar-refractivity contribution in [1.29, 1.82) is 0 Å². The van der Waals surface area contributed by atoms with Gasteiger partial charge in [-0.3, -0.25) is 4.79 Å². The number of unbranched alkanes of at least 4 members (excludes halogenated alkanes) is 2. The largest absolute Gasteiger partial charge is 0.491 e. The Morgan fingerprint density at radius 3 is 2.58 bits per heavy atom. The molecule has 2 aromatic rings. The van der Waals surface area contributed by atoms with Gasteiger partial charge in [-0.25, -0.2) is 18.1 Å². The Bertz CT molecular complexity index is 1170. The molecular weight excluding hydrogens is 525 g/mol. The number of pyridine rings is 1. The first-order valence-corrected chi connectivity index (χ1v) is 12.9. The minimum absolute atomic E-state index is 0.0499. The Hall–Kier alpha value is -2.83. The van der Waals surface area contributed by atoms with E-state index in [0.717, 1.165) is 12.5 Å². The van der Waals surface area contributed by atoms with Crippen LogP contribution in [0.25, 0.3) is 6.08 Å².